The first-order valence-corrected chi connectivity index (χ1v) is 12.5. The van der Waals surface area contributed by atoms with Crippen molar-refractivity contribution in [2.45, 2.75) is 73.8 Å². The molecule has 0 saturated heterocycles. The molecule has 0 bridgehead atoms. The molecule has 1 heterocycles. The summed E-state index contributed by atoms with van der Waals surface area (Å²) in [5.74, 6) is 1.02. The van der Waals surface area contributed by atoms with Gasteiger partial charge in [0.25, 0.3) is 5.56 Å². The predicted molar refractivity (Wildman–Crippen MR) is 140 cm³/mol. The van der Waals surface area contributed by atoms with Crippen LogP contribution in [0.1, 0.15) is 78.7 Å². The normalized spacial score (nSPS) is 12.8. The first kappa shape index (κ1) is 25.7. The number of fused-ring (bicyclic) bond motifs is 1. The molecule has 0 spiro atoms. The molecule has 182 valence electrons. The minimum atomic E-state index is -0.305. The van der Waals surface area contributed by atoms with E-state index in [1.165, 1.54) is 5.56 Å². The van der Waals surface area contributed by atoms with Crippen LogP contribution in [-0.4, -0.2) is 26.9 Å². The minimum absolute atomic E-state index is 0.100. The van der Waals surface area contributed by atoms with Crippen LogP contribution in [0.25, 0.3) is 16.6 Å². The summed E-state index contributed by atoms with van der Waals surface area (Å²) in [5, 5.41) is 0.581. The number of rotatable bonds is 8. The van der Waals surface area contributed by atoms with Gasteiger partial charge in [-0.2, -0.15) is 0 Å². The van der Waals surface area contributed by atoms with Crippen LogP contribution in [0.5, 0.6) is 0 Å². The fourth-order valence-corrected chi connectivity index (χ4v) is 4.40. The van der Waals surface area contributed by atoms with Gasteiger partial charge in [-0.15, -0.1) is 0 Å². The molecule has 3 rings (SSSR count). The van der Waals surface area contributed by atoms with Crippen LogP contribution in [0.15, 0.2) is 53.3 Å². The van der Waals surface area contributed by atoms with E-state index in [1.807, 2.05) is 41.3 Å². The third-order valence-corrected chi connectivity index (χ3v) is 6.03. The fourth-order valence-electron chi connectivity index (χ4n) is 4.40. The molecule has 2 aromatic carbocycles. The second-order valence-corrected chi connectivity index (χ2v) is 10.7. The summed E-state index contributed by atoms with van der Waals surface area (Å²) in [5.41, 5.74) is 2.42. The molecule has 0 aliphatic rings. The van der Waals surface area contributed by atoms with Crippen molar-refractivity contribution in [1.82, 2.24) is 14.5 Å². The van der Waals surface area contributed by atoms with Crippen molar-refractivity contribution in [3.05, 3.63) is 70.3 Å². The van der Waals surface area contributed by atoms with E-state index in [1.54, 1.807) is 4.57 Å². The zero-order valence-corrected chi connectivity index (χ0v) is 21.8. The fraction of sp³-hybridized carbons (Fsp3) is 0.483. The maximum Gasteiger partial charge on any atom is 0.266 e. The lowest BCUT2D eigenvalue weighted by atomic mass is 9.91. The van der Waals surface area contributed by atoms with Crippen LogP contribution in [0.4, 0.5) is 0 Å². The Morgan fingerprint density at radius 1 is 1.03 bits per heavy atom. The standard InChI is InChI=1S/C29H39N3O2/c1-8-21-14-16-22(17-15-21)32-27(30-24-13-11-10-12-23(24)28(32)34)25(9-2)31(19-20(3)4)26(33)18-29(5,6)7/h10-17,20,25H,8-9,18-19H2,1-7H3. The highest BCUT2D eigenvalue weighted by Crippen LogP contribution is 2.30. The van der Waals surface area contributed by atoms with Crippen molar-refractivity contribution in [2.24, 2.45) is 11.3 Å². The Labute approximate surface area is 203 Å². The number of aryl methyl sites for hydroxylation is 1. The molecular formula is C29H39N3O2. The molecule has 1 unspecified atom stereocenters. The lowest BCUT2D eigenvalue weighted by Crippen LogP contribution is -2.41. The van der Waals surface area contributed by atoms with Crippen molar-refractivity contribution >= 4 is 16.8 Å². The second kappa shape index (κ2) is 10.5. The molecule has 0 N–H and O–H groups in total. The second-order valence-electron chi connectivity index (χ2n) is 10.7. The molecule has 1 amide bonds. The average Bonchev–Trinajstić information content (AvgIpc) is 2.78. The van der Waals surface area contributed by atoms with Crippen LogP contribution >= 0.6 is 0 Å². The van der Waals surface area contributed by atoms with Gasteiger partial charge in [0.2, 0.25) is 5.91 Å². The molecule has 0 fully saturated rings. The zero-order valence-electron chi connectivity index (χ0n) is 21.8. The SMILES string of the molecule is CCc1ccc(-n2c(C(CC)N(CC(C)C)C(=O)CC(C)(C)C)nc3ccccc3c2=O)cc1. The van der Waals surface area contributed by atoms with Gasteiger partial charge < -0.3 is 4.90 Å². The number of hydrogen-bond donors (Lipinski definition) is 0. The summed E-state index contributed by atoms with van der Waals surface area (Å²) in [6.07, 6.45) is 2.04. The van der Waals surface area contributed by atoms with Crippen molar-refractivity contribution < 1.29 is 4.79 Å². The van der Waals surface area contributed by atoms with Gasteiger partial charge in [-0.25, -0.2) is 4.98 Å². The van der Waals surface area contributed by atoms with Gasteiger partial charge in [-0.1, -0.05) is 72.7 Å². The highest BCUT2D eigenvalue weighted by molar-refractivity contribution is 5.79. The summed E-state index contributed by atoms with van der Waals surface area (Å²) in [4.78, 5) is 34.3. The topological polar surface area (TPSA) is 55.2 Å². The molecule has 3 aromatic rings. The summed E-state index contributed by atoms with van der Waals surface area (Å²) >= 11 is 0. The summed E-state index contributed by atoms with van der Waals surface area (Å²) in [6, 6.07) is 15.2. The van der Waals surface area contributed by atoms with Crippen LogP contribution in [0.3, 0.4) is 0 Å². The van der Waals surface area contributed by atoms with E-state index in [0.717, 1.165) is 12.1 Å². The van der Waals surface area contributed by atoms with Gasteiger partial charge in [0.05, 0.1) is 22.6 Å². The van der Waals surface area contributed by atoms with Crippen LogP contribution in [0, 0.1) is 11.3 Å². The molecule has 5 nitrogen and oxygen atoms in total. The first-order valence-electron chi connectivity index (χ1n) is 12.5. The monoisotopic (exact) mass is 461 g/mol. The Hall–Kier alpha value is -2.95. The van der Waals surface area contributed by atoms with E-state index in [-0.39, 0.29) is 22.9 Å². The minimum Gasteiger partial charge on any atom is -0.332 e. The van der Waals surface area contributed by atoms with E-state index >= 15 is 0 Å². The third kappa shape index (κ3) is 5.75. The van der Waals surface area contributed by atoms with Crippen molar-refractivity contribution in [2.75, 3.05) is 6.54 Å². The highest BCUT2D eigenvalue weighted by atomic mass is 16.2. The average molecular weight is 462 g/mol. The number of carbonyl (C=O) groups excluding carboxylic acids is 1. The Balaban J connectivity index is 2.26. The molecule has 5 heteroatoms. The summed E-state index contributed by atoms with van der Waals surface area (Å²) in [7, 11) is 0. The van der Waals surface area contributed by atoms with Gasteiger partial charge in [-0.3, -0.25) is 14.2 Å². The van der Waals surface area contributed by atoms with Crippen LogP contribution in [-0.2, 0) is 11.2 Å². The molecule has 34 heavy (non-hydrogen) atoms. The maximum absolute atomic E-state index is 13.8. The smallest absolute Gasteiger partial charge is 0.266 e. The number of amides is 1. The lowest BCUT2D eigenvalue weighted by Gasteiger charge is -2.35. The highest BCUT2D eigenvalue weighted by Gasteiger charge is 2.31. The molecule has 0 saturated carbocycles. The van der Waals surface area contributed by atoms with E-state index < -0.39 is 0 Å². The van der Waals surface area contributed by atoms with Crippen LogP contribution in [0.2, 0.25) is 0 Å². The number of hydrogen-bond acceptors (Lipinski definition) is 3. The van der Waals surface area contributed by atoms with Gasteiger partial charge in [0, 0.05) is 13.0 Å². The first-order chi connectivity index (χ1) is 16.1. The lowest BCUT2D eigenvalue weighted by molar-refractivity contribution is -0.136. The Morgan fingerprint density at radius 2 is 1.68 bits per heavy atom. The van der Waals surface area contributed by atoms with E-state index in [4.69, 9.17) is 4.98 Å². The number of nitrogens with zero attached hydrogens (tertiary/aromatic N) is 3. The number of para-hydroxylation sites is 1. The molecule has 0 radical (unpaired) electrons. The zero-order chi connectivity index (χ0) is 25.0. The Kier molecular flexibility index (Phi) is 7.96. The van der Waals surface area contributed by atoms with Gasteiger partial charge in [0.1, 0.15) is 5.82 Å². The van der Waals surface area contributed by atoms with E-state index in [9.17, 15) is 9.59 Å². The van der Waals surface area contributed by atoms with Gasteiger partial charge in [-0.05, 0) is 54.0 Å². The number of benzene rings is 2. The number of carbonyl (C=O) groups is 1. The van der Waals surface area contributed by atoms with Crippen molar-refractivity contribution in [3.63, 3.8) is 0 Å². The Morgan fingerprint density at radius 3 is 2.24 bits per heavy atom. The molecular weight excluding hydrogens is 422 g/mol. The molecule has 0 aliphatic carbocycles. The largest absolute Gasteiger partial charge is 0.332 e. The van der Waals surface area contributed by atoms with E-state index in [0.29, 0.717) is 42.0 Å². The molecule has 1 aromatic heterocycles. The number of aromatic nitrogens is 2. The quantitative estimate of drug-likeness (QED) is 0.394. The Bertz CT molecular complexity index is 1190. The predicted octanol–water partition coefficient (Wildman–Crippen LogP) is 6.32. The van der Waals surface area contributed by atoms with E-state index in [2.05, 4.69) is 60.6 Å². The summed E-state index contributed by atoms with van der Waals surface area (Å²) in [6.45, 7) is 15.3. The van der Waals surface area contributed by atoms with Crippen molar-refractivity contribution in [3.8, 4) is 5.69 Å². The van der Waals surface area contributed by atoms with Gasteiger partial charge >= 0.3 is 0 Å². The van der Waals surface area contributed by atoms with Crippen molar-refractivity contribution in [1.29, 1.82) is 0 Å². The van der Waals surface area contributed by atoms with Gasteiger partial charge in [0.15, 0.2) is 0 Å². The molecule has 0 aliphatic heterocycles. The van der Waals surface area contributed by atoms with Crippen LogP contribution < -0.4 is 5.56 Å². The summed E-state index contributed by atoms with van der Waals surface area (Å²) < 4.78 is 1.72. The third-order valence-electron chi connectivity index (χ3n) is 6.03. The maximum atomic E-state index is 13.8. The molecule has 1 atom stereocenters.